The quantitative estimate of drug-likeness (QED) is 0.715. The number of rotatable bonds is 5. The van der Waals surface area contributed by atoms with Crippen molar-refractivity contribution in [2.45, 2.75) is 45.1 Å². The van der Waals surface area contributed by atoms with E-state index in [1.807, 2.05) is 0 Å². The monoisotopic (exact) mass is 215 g/mol. The molecule has 2 N–H and O–H groups in total. The van der Waals surface area contributed by atoms with Crippen LogP contribution in [0.3, 0.4) is 0 Å². The Bertz CT molecular complexity index is 174. The van der Waals surface area contributed by atoms with Gasteiger partial charge in [-0.1, -0.05) is 13.8 Å². The Labute approximate surface area is 93.3 Å². The van der Waals surface area contributed by atoms with Crippen LogP contribution in [0, 0.1) is 11.8 Å². The first-order valence-electron chi connectivity index (χ1n) is 5.96. The van der Waals surface area contributed by atoms with E-state index in [0.717, 1.165) is 24.7 Å². The summed E-state index contributed by atoms with van der Waals surface area (Å²) in [5.41, 5.74) is 5.71. The molecule has 90 valence electrons. The highest BCUT2D eigenvalue weighted by molar-refractivity contribution is 4.88. The fourth-order valence-electron chi connectivity index (χ4n) is 2.42. The molecule has 0 atom stereocenters. The molecule has 3 heteroatoms. The maximum absolute atomic E-state index is 5.82. The second kappa shape index (κ2) is 5.83. The van der Waals surface area contributed by atoms with Gasteiger partial charge in [0.25, 0.3) is 0 Å². The highest BCUT2D eigenvalue weighted by Crippen LogP contribution is 2.37. The Kier molecular flexibility index (Phi) is 5.03. The Balaban J connectivity index is 2.43. The van der Waals surface area contributed by atoms with Crippen LogP contribution < -0.4 is 5.73 Å². The van der Waals surface area contributed by atoms with Gasteiger partial charge in [-0.25, -0.2) is 0 Å². The van der Waals surface area contributed by atoms with Crippen molar-refractivity contribution < 1.29 is 9.47 Å². The van der Waals surface area contributed by atoms with Gasteiger partial charge >= 0.3 is 0 Å². The van der Waals surface area contributed by atoms with Crippen LogP contribution in [0.4, 0.5) is 0 Å². The zero-order chi connectivity index (χ0) is 11.3. The van der Waals surface area contributed by atoms with Crippen LogP contribution in [0.25, 0.3) is 0 Å². The van der Waals surface area contributed by atoms with Gasteiger partial charge in [-0.3, -0.25) is 0 Å². The third-order valence-electron chi connectivity index (χ3n) is 3.74. The molecule has 0 aliphatic heterocycles. The van der Waals surface area contributed by atoms with E-state index >= 15 is 0 Å². The van der Waals surface area contributed by atoms with Crippen molar-refractivity contribution in [3.63, 3.8) is 0 Å². The highest BCUT2D eigenvalue weighted by Gasteiger charge is 2.35. The first-order valence-corrected chi connectivity index (χ1v) is 5.96. The zero-order valence-electron chi connectivity index (χ0n) is 10.3. The van der Waals surface area contributed by atoms with Crippen LogP contribution in [0.1, 0.15) is 39.5 Å². The molecule has 0 aromatic carbocycles. The summed E-state index contributed by atoms with van der Waals surface area (Å²) in [4.78, 5) is 0. The van der Waals surface area contributed by atoms with Gasteiger partial charge in [0.2, 0.25) is 0 Å². The number of ether oxygens (including phenoxy) is 2. The largest absolute Gasteiger partial charge is 0.359 e. The van der Waals surface area contributed by atoms with Crippen molar-refractivity contribution in [3.8, 4) is 0 Å². The Hall–Kier alpha value is -0.120. The molecule has 0 radical (unpaired) electrons. The summed E-state index contributed by atoms with van der Waals surface area (Å²) < 4.78 is 10.7. The Morgan fingerprint density at radius 3 is 2.33 bits per heavy atom. The molecule has 1 aliphatic rings. The number of hydrogen-bond donors (Lipinski definition) is 1. The highest BCUT2D eigenvalue weighted by atomic mass is 16.7. The number of methoxy groups -OCH3 is 1. The van der Waals surface area contributed by atoms with Gasteiger partial charge in [-0.15, -0.1) is 0 Å². The molecule has 3 nitrogen and oxygen atoms in total. The maximum Gasteiger partial charge on any atom is 0.147 e. The molecule has 0 heterocycles. The van der Waals surface area contributed by atoms with Crippen LogP contribution in [-0.2, 0) is 9.47 Å². The first-order chi connectivity index (χ1) is 7.13. The third kappa shape index (κ3) is 3.44. The third-order valence-corrected chi connectivity index (χ3v) is 3.74. The van der Waals surface area contributed by atoms with Crippen molar-refractivity contribution in [2.24, 2.45) is 17.6 Å². The molecule has 0 saturated heterocycles. The van der Waals surface area contributed by atoms with Crippen LogP contribution in [-0.4, -0.2) is 26.0 Å². The van der Waals surface area contributed by atoms with Gasteiger partial charge in [0.15, 0.2) is 0 Å². The minimum atomic E-state index is -0.110. The maximum atomic E-state index is 5.82. The van der Waals surface area contributed by atoms with E-state index in [9.17, 15) is 0 Å². The van der Waals surface area contributed by atoms with Gasteiger partial charge in [0.1, 0.15) is 6.79 Å². The molecule has 0 bridgehead atoms. The summed E-state index contributed by atoms with van der Waals surface area (Å²) in [6.07, 6.45) is 4.63. The molecule has 15 heavy (non-hydrogen) atoms. The molecule has 0 unspecified atom stereocenters. The van der Waals surface area contributed by atoms with Gasteiger partial charge in [0.05, 0.1) is 5.60 Å². The predicted octanol–water partition coefficient (Wildman–Crippen LogP) is 2.15. The summed E-state index contributed by atoms with van der Waals surface area (Å²) >= 11 is 0. The van der Waals surface area contributed by atoms with Gasteiger partial charge in [0, 0.05) is 13.7 Å². The molecule has 1 aliphatic carbocycles. The Morgan fingerprint density at radius 1 is 1.33 bits per heavy atom. The van der Waals surface area contributed by atoms with E-state index in [1.165, 1.54) is 12.8 Å². The average Bonchev–Trinajstić information content (AvgIpc) is 2.27. The second-order valence-corrected chi connectivity index (χ2v) is 5.02. The minimum absolute atomic E-state index is 0.110. The van der Waals surface area contributed by atoms with Crippen LogP contribution in [0.5, 0.6) is 0 Å². The molecular weight excluding hydrogens is 190 g/mol. The van der Waals surface area contributed by atoms with Crippen LogP contribution in [0.2, 0.25) is 0 Å². The fourth-order valence-corrected chi connectivity index (χ4v) is 2.42. The summed E-state index contributed by atoms with van der Waals surface area (Å²) in [6.45, 7) is 5.58. The van der Waals surface area contributed by atoms with E-state index < -0.39 is 0 Å². The summed E-state index contributed by atoms with van der Waals surface area (Å²) in [7, 11) is 1.66. The lowest BCUT2D eigenvalue weighted by Crippen LogP contribution is -2.45. The fraction of sp³-hybridized carbons (Fsp3) is 1.00. The van der Waals surface area contributed by atoms with E-state index in [0.29, 0.717) is 13.3 Å². The predicted molar refractivity (Wildman–Crippen MR) is 61.5 cm³/mol. The molecule has 0 amide bonds. The van der Waals surface area contributed by atoms with E-state index in [2.05, 4.69) is 13.8 Å². The van der Waals surface area contributed by atoms with Crippen molar-refractivity contribution in [1.29, 1.82) is 0 Å². The van der Waals surface area contributed by atoms with Gasteiger partial charge in [-0.2, -0.15) is 0 Å². The standard InChI is InChI=1S/C12H25NO2/c1-10(2)11-4-6-12(8-13,7-5-11)15-9-14-3/h10-11H,4-9,13H2,1-3H3. The van der Waals surface area contributed by atoms with Crippen molar-refractivity contribution in [3.05, 3.63) is 0 Å². The molecule has 0 spiro atoms. The van der Waals surface area contributed by atoms with Crippen LogP contribution in [0.15, 0.2) is 0 Å². The normalized spacial score (nSPS) is 32.2. The molecular formula is C12H25NO2. The number of hydrogen-bond acceptors (Lipinski definition) is 3. The SMILES string of the molecule is COCOC1(CN)CCC(C(C)C)CC1. The summed E-state index contributed by atoms with van der Waals surface area (Å²) in [5, 5.41) is 0. The van der Waals surface area contributed by atoms with Gasteiger partial charge < -0.3 is 15.2 Å². The molecule has 0 aromatic rings. The number of nitrogens with two attached hydrogens (primary N) is 1. The molecule has 1 fully saturated rings. The van der Waals surface area contributed by atoms with Gasteiger partial charge in [-0.05, 0) is 37.5 Å². The minimum Gasteiger partial charge on any atom is -0.359 e. The smallest absolute Gasteiger partial charge is 0.147 e. The van der Waals surface area contributed by atoms with Crippen molar-refractivity contribution in [2.75, 3.05) is 20.4 Å². The average molecular weight is 215 g/mol. The van der Waals surface area contributed by atoms with E-state index in [4.69, 9.17) is 15.2 Å². The topological polar surface area (TPSA) is 44.5 Å². The van der Waals surface area contributed by atoms with Crippen LogP contribution >= 0.6 is 0 Å². The summed E-state index contributed by atoms with van der Waals surface area (Å²) in [6, 6.07) is 0. The summed E-state index contributed by atoms with van der Waals surface area (Å²) in [5.74, 6) is 1.62. The Morgan fingerprint density at radius 2 is 1.93 bits per heavy atom. The lowest BCUT2D eigenvalue weighted by atomic mass is 9.74. The molecule has 1 saturated carbocycles. The molecule has 0 aromatic heterocycles. The second-order valence-electron chi connectivity index (χ2n) is 5.02. The lowest BCUT2D eigenvalue weighted by Gasteiger charge is -2.40. The first kappa shape index (κ1) is 12.9. The lowest BCUT2D eigenvalue weighted by molar-refractivity contribution is -0.145. The van der Waals surface area contributed by atoms with Crippen molar-refractivity contribution in [1.82, 2.24) is 0 Å². The molecule has 1 rings (SSSR count). The van der Waals surface area contributed by atoms with E-state index in [1.54, 1.807) is 7.11 Å². The van der Waals surface area contributed by atoms with E-state index in [-0.39, 0.29) is 5.60 Å². The zero-order valence-corrected chi connectivity index (χ0v) is 10.3. The van der Waals surface area contributed by atoms with Crippen molar-refractivity contribution >= 4 is 0 Å².